The summed E-state index contributed by atoms with van der Waals surface area (Å²) in [5.41, 5.74) is 3.36. The normalized spacial score (nSPS) is 14.2. The molecule has 1 aromatic carbocycles. The number of aryl methyl sites for hydroxylation is 1. The van der Waals surface area contributed by atoms with Crippen LogP contribution in [0.1, 0.15) is 35.7 Å². The third-order valence-electron chi connectivity index (χ3n) is 3.66. The molecule has 4 nitrogen and oxygen atoms in total. The topological polar surface area (TPSA) is 49.8 Å². The van der Waals surface area contributed by atoms with Gasteiger partial charge in [-0.15, -0.1) is 0 Å². The monoisotopic (exact) mass is 268 g/mol. The van der Waals surface area contributed by atoms with Crippen LogP contribution in [0.2, 0.25) is 0 Å². The van der Waals surface area contributed by atoms with Crippen molar-refractivity contribution in [3.63, 3.8) is 0 Å². The Morgan fingerprint density at radius 3 is 2.25 bits per heavy atom. The van der Waals surface area contributed by atoms with Crippen LogP contribution in [-0.2, 0) is 0 Å². The number of nitrogens with zero attached hydrogens (tertiary/aromatic N) is 2. The average molecular weight is 268 g/mol. The summed E-state index contributed by atoms with van der Waals surface area (Å²) in [6.07, 6.45) is 2.41. The fourth-order valence-corrected chi connectivity index (χ4v) is 2.20. The summed E-state index contributed by atoms with van der Waals surface area (Å²) in [5.74, 6) is 3.31. The molecule has 0 saturated heterocycles. The summed E-state index contributed by atoms with van der Waals surface area (Å²) in [6.45, 7) is 4.13. The van der Waals surface area contributed by atoms with Crippen LogP contribution in [0.4, 0.5) is 17.3 Å². The lowest BCUT2D eigenvalue weighted by atomic mass is 10.2. The molecular weight excluding hydrogens is 248 g/mol. The molecule has 1 fully saturated rings. The van der Waals surface area contributed by atoms with Gasteiger partial charge in [-0.05, 0) is 38.8 Å². The van der Waals surface area contributed by atoms with Gasteiger partial charge in [0.1, 0.15) is 17.5 Å². The first-order valence-corrected chi connectivity index (χ1v) is 7.07. The van der Waals surface area contributed by atoms with Crippen LogP contribution in [0.15, 0.2) is 24.3 Å². The van der Waals surface area contributed by atoms with E-state index in [0.717, 1.165) is 28.7 Å². The summed E-state index contributed by atoms with van der Waals surface area (Å²) in [6, 6.07) is 8.35. The van der Waals surface area contributed by atoms with Gasteiger partial charge in [0.15, 0.2) is 0 Å². The Morgan fingerprint density at radius 1 is 1.00 bits per heavy atom. The van der Waals surface area contributed by atoms with Gasteiger partial charge in [0.25, 0.3) is 0 Å². The standard InChI is InChI=1S/C16H20N4/c1-10-4-8-13(9-5-10)18-15-11(2)14(17-3)19-16(20-15)12-6-7-12/h4-5,8-9,12H,6-7H2,1-3H3,(H2,17,18,19,20). The van der Waals surface area contributed by atoms with Crippen LogP contribution in [0.25, 0.3) is 0 Å². The summed E-state index contributed by atoms with van der Waals surface area (Å²) in [4.78, 5) is 9.31. The van der Waals surface area contributed by atoms with E-state index in [9.17, 15) is 0 Å². The van der Waals surface area contributed by atoms with Crippen molar-refractivity contribution < 1.29 is 0 Å². The van der Waals surface area contributed by atoms with Crippen molar-refractivity contribution in [2.45, 2.75) is 32.6 Å². The van der Waals surface area contributed by atoms with E-state index in [1.807, 2.05) is 14.0 Å². The van der Waals surface area contributed by atoms with E-state index in [1.54, 1.807) is 0 Å². The minimum absolute atomic E-state index is 0.543. The minimum Gasteiger partial charge on any atom is -0.373 e. The molecule has 0 unspecified atom stereocenters. The second-order valence-electron chi connectivity index (χ2n) is 5.42. The molecule has 0 spiro atoms. The molecular formula is C16H20N4. The lowest BCUT2D eigenvalue weighted by Crippen LogP contribution is -2.06. The van der Waals surface area contributed by atoms with Crippen LogP contribution in [-0.4, -0.2) is 17.0 Å². The van der Waals surface area contributed by atoms with Crippen molar-refractivity contribution in [1.29, 1.82) is 0 Å². The molecule has 1 saturated carbocycles. The number of hydrogen-bond acceptors (Lipinski definition) is 4. The zero-order valence-corrected chi connectivity index (χ0v) is 12.2. The van der Waals surface area contributed by atoms with Gasteiger partial charge < -0.3 is 10.6 Å². The molecule has 3 rings (SSSR count). The molecule has 1 aliphatic rings. The van der Waals surface area contributed by atoms with Gasteiger partial charge in [0, 0.05) is 24.2 Å². The van der Waals surface area contributed by atoms with E-state index in [2.05, 4.69) is 46.8 Å². The Morgan fingerprint density at radius 2 is 1.65 bits per heavy atom. The third kappa shape index (κ3) is 2.59. The van der Waals surface area contributed by atoms with E-state index >= 15 is 0 Å². The van der Waals surface area contributed by atoms with Gasteiger partial charge in [-0.3, -0.25) is 0 Å². The Bertz CT molecular complexity index is 615. The van der Waals surface area contributed by atoms with Crippen LogP contribution in [0.3, 0.4) is 0 Å². The molecule has 2 aromatic rings. The Kier molecular flexibility index (Phi) is 3.30. The van der Waals surface area contributed by atoms with E-state index in [-0.39, 0.29) is 0 Å². The maximum Gasteiger partial charge on any atom is 0.139 e. The largest absolute Gasteiger partial charge is 0.373 e. The SMILES string of the molecule is CNc1nc(C2CC2)nc(Nc2ccc(C)cc2)c1C. The highest BCUT2D eigenvalue weighted by molar-refractivity contribution is 5.65. The molecule has 0 amide bonds. The zero-order chi connectivity index (χ0) is 14.1. The fourth-order valence-electron chi connectivity index (χ4n) is 2.20. The Hall–Kier alpha value is -2.10. The first-order chi connectivity index (χ1) is 9.67. The maximum absolute atomic E-state index is 4.70. The first-order valence-electron chi connectivity index (χ1n) is 7.07. The summed E-state index contributed by atoms with van der Waals surface area (Å²) in [5, 5.41) is 6.57. The molecule has 0 bridgehead atoms. The molecule has 0 radical (unpaired) electrons. The highest BCUT2D eigenvalue weighted by atomic mass is 15.1. The Balaban J connectivity index is 1.94. The van der Waals surface area contributed by atoms with Crippen molar-refractivity contribution in [2.24, 2.45) is 0 Å². The molecule has 0 atom stereocenters. The molecule has 0 aliphatic heterocycles. The molecule has 1 heterocycles. The van der Waals surface area contributed by atoms with E-state index in [4.69, 9.17) is 4.98 Å². The fraction of sp³-hybridized carbons (Fsp3) is 0.375. The van der Waals surface area contributed by atoms with Crippen LogP contribution in [0.5, 0.6) is 0 Å². The number of nitrogens with one attached hydrogen (secondary N) is 2. The van der Waals surface area contributed by atoms with Crippen LogP contribution in [0, 0.1) is 13.8 Å². The summed E-state index contributed by atoms with van der Waals surface area (Å²) < 4.78 is 0. The second-order valence-corrected chi connectivity index (χ2v) is 5.42. The first kappa shape index (κ1) is 12.9. The Labute approximate surface area is 119 Å². The number of benzene rings is 1. The van der Waals surface area contributed by atoms with Gasteiger partial charge >= 0.3 is 0 Å². The third-order valence-corrected chi connectivity index (χ3v) is 3.66. The molecule has 20 heavy (non-hydrogen) atoms. The van der Waals surface area contributed by atoms with E-state index in [1.165, 1.54) is 18.4 Å². The van der Waals surface area contributed by atoms with E-state index in [0.29, 0.717) is 5.92 Å². The number of rotatable bonds is 4. The molecule has 104 valence electrons. The van der Waals surface area contributed by atoms with Crippen molar-refractivity contribution in [3.05, 3.63) is 41.2 Å². The van der Waals surface area contributed by atoms with Gasteiger partial charge in [-0.1, -0.05) is 17.7 Å². The van der Waals surface area contributed by atoms with Crippen LogP contribution < -0.4 is 10.6 Å². The molecule has 2 N–H and O–H groups in total. The zero-order valence-electron chi connectivity index (χ0n) is 12.2. The summed E-state index contributed by atoms with van der Waals surface area (Å²) in [7, 11) is 1.90. The maximum atomic E-state index is 4.70. The molecule has 1 aromatic heterocycles. The van der Waals surface area contributed by atoms with Gasteiger partial charge in [-0.25, -0.2) is 9.97 Å². The number of anilines is 3. The van der Waals surface area contributed by atoms with Gasteiger partial charge in [0.2, 0.25) is 0 Å². The smallest absolute Gasteiger partial charge is 0.139 e. The predicted octanol–water partition coefficient (Wildman–Crippen LogP) is 3.76. The van der Waals surface area contributed by atoms with Crippen LogP contribution >= 0.6 is 0 Å². The van der Waals surface area contributed by atoms with Crippen molar-refractivity contribution in [3.8, 4) is 0 Å². The van der Waals surface area contributed by atoms with Gasteiger partial charge in [-0.2, -0.15) is 0 Å². The number of hydrogen-bond donors (Lipinski definition) is 2. The van der Waals surface area contributed by atoms with Crippen molar-refractivity contribution >= 4 is 17.3 Å². The lowest BCUT2D eigenvalue weighted by molar-refractivity contribution is 0.924. The molecule has 1 aliphatic carbocycles. The van der Waals surface area contributed by atoms with Crippen molar-refractivity contribution in [2.75, 3.05) is 17.7 Å². The van der Waals surface area contributed by atoms with E-state index < -0.39 is 0 Å². The number of aromatic nitrogens is 2. The second kappa shape index (κ2) is 5.12. The highest BCUT2D eigenvalue weighted by Gasteiger charge is 2.28. The molecule has 4 heteroatoms. The average Bonchev–Trinajstić information content (AvgIpc) is 3.28. The summed E-state index contributed by atoms with van der Waals surface area (Å²) >= 11 is 0. The minimum atomic E-state index is 0.543. The lowest BCUT2D eigenvalue weighted by Gasteiger charge is -2.13. The predicted molar refractivity (Wildman–Crippen MR) is 82.8 cm³/mol. The quantitative estimate of drug-likeness (QED) is 0.886. The van der Waals surface area contributed by atoms with Gasteiger partial charge in [0.05, 0.1) is 0 Å². The highest BCUT2D eigenvalue weighted by Crippen LogP contribution is 2.39. The van der Waals surface area contributed by atoms with Crippen molar-refractivity contribution in [1.82, 2.24) is 9.97 Å².